The summed E-state index contributed by atoms with van der Waals surface area (Å²) in [6.45, 7) is 3.23. The molecule has 0 unspecified atom stereocenters. The van der Waals surface area contributed by atoms with Crippen LogP contribution in [0.2, 0.25) is 0 Å². The molecule has 0 radical (unpaired) electrons. The van der Waals surface area contributed by atoms with Crippen molar-refractivity contribution < 1.29 is 4.49 Å². The summed E-state index contributed by atoms with van der Waals surface area (Å²) in [4.78, 5) is 0. The number of rotatable bonds is 9. The summed E-state index contributed by atoms with van der Waals surface area (Å²) < 4.78 is 10.6. The minimum absolute atomic E-state index is 0.433. The maximum atomic E-state index is 5.43. The Morgan fingerprint density at radius 2 is 1.75 bits per heavy atom. The average molecular weight is 388 g/mol. The van der Waals surface area contributed by atoms with Crippen molar-refractivity contribution in [2.24, 2.45) is 0 Å². The molecule has 12 heavy (non-hydrogen) atoms. The van der Waals surface area contributed by atoms with Gasteiger partial charge in [0.15, 0.2) is 0 Å². The summed E-state index contributed by atoms with van der Waals surface area (Å²) in [5.41, 5.74) is 0. The van der Waals surface area contributed by atoms with E-state index in [2.05, 4.69) is 6.92 Å². The third kappa shape index (κ3) is 11.5. The molecule has 0 rings (SSSR count). The van der Waals surface area contributed by atoms with Gasteiger partial charge in [0, 0.05) is 0 Å². The summed E-state index contributed by atoms with van der Waals surface area (Å²) in [5, 5.41) is 0. The number of unbranched alkanes of at least 4 members (excludes halogenated alkanes) is 5. The standard InChI is InChI=1S/C8H17O.O.2Sn.5H/c1-2-3-4-5-6-7-8-9;;;;;;;;/h2-8H2,1H3;;;;;;;;/q-1;;;+1;;;;;. The van der Waals surface area contributed by atoms with Crippen molar-refractivity contribution in [3.05, 3.63) is 0 Å². The Balaban J connectivity index is 2.73. The topological polar surface area (TPSA) is 18.5 Å². The van der Waals surface area contributed by atoms with E-state index >= 15 is 0 Å². The molecule has 0 atom stereocenters. The van der Waals surface area contributed by atoms with E-state index in [0.717, 1.165) is 6.61 Å². The predicted octanol–water partition coefficient (Wildman–Crippen LogP) is 0.659. The Bertz CT molecular complexity index is 71.5. The number of hydrogen-bond donors (Lipinski definition) is 0. The first-order chi connectivity index (χ1) is 5.91. The van der Waals surface area contributed by atoms with Gasteiger partial charge in [0.05, 0.1) is 0 Å². The quantitative estimate of drug-likeness (QED) is 0.427. The SMILES string of the molecule is CCCCCCCC[O][SnH2][O][SnH3]. The van der Waals surface area contributed by atoms with Crippen LogP contribution in [0.1, 0.15) is 45.4 Å². The van der Waals surface area contributed by atoms with Gasteiger partial charge in [0.1, 0.15) is 0 Å². The molecule has 0 aliphatic heterocycles. The summed E-state index contributed by atoms with van der Waals surface area (Å²) in [7, 11) is 0. The molecule has 0 aliphatic rings. The van der Waals surface area contributed by atoms with Crippen LogP contribution in [0, 0.1) is 0 Å². The van der Waals surface area contributed by atoms with Crippen molar-refractivity contribution in [3.8, 4) is 0 Å². The fourth-order valence-corrected chi connectivity index (χ4v) is 5.71. The maximum absolute atomic E-state index is 5.43. The van der Waals surface area contributed by atoms with Gasteiger partial charge in [-0.15, -0.1) is 0 Å². The van der Waals surface area contributed by atoms with Gasteiger partial charge in [0.2, 0.25) is 0 Å². The van der Waals surface area contributed by atoms with Crippen LogP contribution >= 0.6 is 0 Å². The van der Waals surface area contributed by atoms with E-state index < -0.39 is 22.0 Å². The molecule has 74 valence electrons. The first-order valence-corrected chi connectivity index (χ1v) is 10.6. The minimum atomic E-state index is -1.07. The molecule has 0 heterocycles. The second kappa shape index (κ2) is 12.5. The van der Waals surface area contributed by atoms with Crippen LogP contribution in [0.4, 0.5) is 0 Å². The summed E-state index contributed by atoms with van der Waals surface area (Å²) in [5.74, 6) is 0. The molecule has 0 saturated carbocycles. The zero-order valence-corrected chi connectivity index (χ0v) is 18.2. The van der Waals surface area contributed by atoms with Gasteiger partial charge in [-0.05, 0) is 0 Å². The molecular formula is C8H22O2Sn2. The Labute approximate surface area is 101 Å². The molecule has 0 aromatic carbocycles. The van der Waals surface area contributed by atoms with Crippen LogP contribution < -0.4 is 0 Å². The van der Waals surface area contributed by atoms with Gasteiger partial charge in [0.25, 0.3) is 0 Å². The molecule has 0 aromatic rings. The number of hydrogen-bond acceptors (Lipinski definition) is 2. The van der Waals surface area contributed by atoms with E-state index in [1.54, 1.807) is 0 Å². The van der Waals surface area contributed by atoms with Crippen molar-refractivity contribution in [1.29, 1.82) is 0 Å². The molecule has 0 saturated heterocycles. The molecule has 0 fully saturated rings. The van der Waals surface area contributed by atoms with Crippen LogP contribution in [0.3, 0.4) is 0 Å². The fraction of sp³-hybridized carbons (Fsp3) is 1.00. The van der Waals surface area contributed by atoms with Gasteiger partial charge in [-0.25, -0.2) is 0 Å². The predicted molar refractivity (Wildman–Crippen MR) is 58.9 cm³/mol. The van der Waals surface area contributed by atoms with Gasteiger partial charge in [-0.1, -0.05) is 0 Å². The molecule has 2 nitrogen and oxygen atoms in total. The Morgan fingerprint density at radius 3 is 2.42 bits per heavy atom. The average Bonchev–Trinajstić information content (AvgIpc) is 2.10. The third-order valence-corrected chi connectivity index (χ3v) is 8.33. The molecule has 0 aromatic heterocycles. The normalized spacial score (nSPS) is 11.8. The molecule has 0 amide bonds. The monoisotopic (exact) mass is 390 g/mol. The zero-order valence-electron chi connectivity index (χ0n) is 8.47. The van der Waals surface area contributed by atoms with E-state index in [0.29, 0.717) is 22.9 Å². The summed E-state index contributed by atoms with van der Waals surface area (Å²) >= 11 is -0.640. The molecule has 4 heteroatoms. The van der Waals surface area contributed by atoms with Crippen molar-refractivity contribution in [2.75, 3.05) is 6.61 Å². The third-order valence-electron chi connectivity index (χ3n) is 1.84. The van der Waals surface area contributed by atoms with E-state index in [1.165, 1.54) is 38.5 Å². The first kappa shape index (κ1) is 13.5. The Hall–Kier alpha value is 1.52. The Morgan fingerprint density at radius 1 is 1.08 bits per heavy atom. The van der Waals surface area contributed by atoms with Crippen molar-refractivity contribution >= 4 is 44.9 Å². The van der Waals surface area contributed by atoms with Crippen molar-refractivity contribution in [2.45, 2.75) is 45.4 Å². The van der Waals surface area contributed by atoms with E-state index in [4.69, 9.17) is 4.49 Å². The second-order valence-electron chi connectivity index (χ2n) is 3.08. The van der Waals surface area contributed by atoms with Crippen LogP contribution in [0.15, 0.2) is 0 Å². The van der Waals surface area contributed by atoms with Gasteiger partial charge >= 0.3 is 101 Å². The van der Waals surface area contributed by atoms with Crippen molar-refractivity contribution in [3.63, 3.8) is 0 Å². The van der Waals surface area contributed by atoms with E-state index in [-0.39, 0.29) is 0 Å². The second-order valence-corrected chi connectivity index (χ2v) is 17.6. The first-order valence-electron chi connectivity index (χ1n) is 4.98. The molecule has 0 aliphatic carbocycles. The molecule has 0 N–H and O–H groups in total. The van der Waals surface area contributed by atoms with Gasteiger partial charge < -0.3 is 0 Å². The van der Waals surface area contributed by atoms with Crippen molar-refractivity contribution in [1.82, 2.24) is 0 Å². The fourth-order valence-electron chi connectivity index (χ4n) is 1.13. The molecule has 0 bridgehead atoms. The van der Waals surface area contributed by atoms with E-state index in [9.17, 15) is 0 Å². The van der Waals surface area contributed by atoms with Crippen LogP contribution in [0.25, 0.3) is 0 Å². The van der Waals surface area contributed by atoms with Crippen LogP contribution in [-0.4, -0.2) is 51.5 Å². The summed E-state index contributed by atoms with van der Waals surface area (Å²) in [6.07, 6.45) is 8.12. The zero-order chi connectivity index (χ0) is 9.07. The summed E-state index contributed by atoms with van der Waals surface area (Å²) in [6, 6.07) is 0. The van der Waals surface area contributed by atoms with Crippen LogP contribution in [-0.2, 0) is 4.49 Å². The van der Waals surface area contributed by atoms with E-state index in [1.807, 2.05) is 0 Å². The van der Waals surface area contributed by atoms with Crippen LogP contribution in [0.5, 0.6) is 0 Å². The molecular weight excluding hydrogens is 366 g/mol. The van der Waals surface area contributed by atoms with Gasteiger partial charge in [-0.3, -0.25) is 0 Å². The van der Waals surface area contributed by atoms with Gasteiger partial charge in [-0.2, -0.15) is 0 Å². The molecule has 0 spiro atoms. The Kier molecular flexibility index (Phi) is 14.1.